The first kappa shape index (κ1) is 25.7. The minimum absolute atomic E-state index is 0.191. The molecule has 2 atom stereocenters. The zero-order chi connectivity index (χ0) is 23.8. The molecule has 2 aromatic rings. The Morgan fingerprint density at radius 3 is 2.30 bits per heavy atom. The molecule has 1 saturated heterocycles. The topological polar surface area (TPSA) is 56.8 Å². The van der Waals surface area contributed by atoms with Crippen LogP contribution >= 0.6 is 0 Å². The van der Waals surface area contributed by atoms with Crippen LogP contribution in [-0.2, 0) is 11.2 Å². The highest BCUT2D eigenvalue weighted by Crippen LogP contribution is 2.41. The van der Waals surface area contributed by atoms with Gasteiger partial charge in [-0.15, -0.1) is 0 Å². The van der Waals surface area contributed by atoms with Crippen molar-refractivity contribution in [1.29, 1.82) is 0 Å². The number of hydrogen-bond acceptors (Lipinski definition) is 5. The molecule has 1 radical (unpaired) electrons. The van der Waals surface area contributed by atoms with Crippen molar-refractivity contribution in [3.63, 3.8) is 0 Å². The monoisotopic (exact) mass is 469 g/mol. The number of nitrogens with zero attached hydrogens (tertiary/aromatic N) is 2. The molecule has 0 spiro atoms. The second-order valence-corrected chi connectivity index (χ2v) is 11.8. The van der Waals surface area contributed by atoms with Gasteiger partial charge < -0.3 is 14.2 Å². The smallest absolute Gasteiger partial charge is 0.234 e. The molecule has 1 aromatic heterocycles. The summed E-state index contributed by atoms with van der Waals surface area (Å²) in [4.78, 5) is 9.93. The van der Waals surface area contributed by atoms with Gasteiger partial charge >= 0.3 is 0 Å². The van der Waals surface area contributed by atoms with E-state index in [0.717, 1.165) is 68.0 Å². The van der Waals surface area contributed by atoms with Gasteiger partial charge in [-0.25, -0.2) is 4.98 Å². The lowest BCUT2D eigenvalue weighted by atomic mass is 10.1. The average Bonchev–Trinajstić information content (AvgIpc) is 3.45. The number of rotatable bonds is 14. The highest BCUT2D eigenvalue weighted by Gasteiger charge is 2.54. The van der Waals surface area contributed by atoms with Crippen LogP contribution in [0.15, 0.2) is 24.3 Å². The van der Waals surface area contributed by atoms with Gasteiger partial charge in [0, 0.05) is 23.4 Å². The zero-order valence-electron chi connectivity index (χ0n) is 21.4. The van der Waals surface area contributed by atoms with Crippen molar-refractivity contribution in [3.05, 3.63) is 29.8 Å². The number of hydrogen-bond donors (Lipinski definition) is 0. The van der Waals surface area contributed by atoms with Gasteiger partial charge in [-0.3, -0.25) is 0 Å². The highest BCUT2D eigenvalue weighted by atomic mass is 28.3. The first-order chi connectivity index (χ1) is 15.9. The van der Waals surface area contributed by atoms with Crippen molar-refractivity contribution in [1.82, 2.24) is 9.97 Å². The van der Waals surface area contributed by atoms with Crippen LogP contribution in [0.1, 0.15) is 78.2 Å². The number of ether oxygens (including phenoxy) is 3. The molecule has 0 N–H and O–H groups in total. The molecule has 3 rings (SSSR count). The molecule has 33 heavy (non-hydrogen) atoms. The van der Waals surface area contributed by atoms with Gasteiger partial charge in [-0.2, -0.15) is 4.98 Å². The van der Waals surface area contributed by atoms with Crippen LogP contribution < -0.4 is 14.8 Å². The lowest BCUT2D eigenvalue weighted by molar-refractivity contribution is 0.0803. The number of epoxide rings is 1. The minimum atomic E-state index is -0.763. The minimum Gasteiger partial charge on any atom is -0.477 e. The Hall–Kier alpha value is -1.92. The fraction of sp³-hybridized carbons (Fsp3) is 0.630. The van der Waals surface area contributed by atoms with Crippen LogP contribution in [0.3, 0.4) is 0 Å². The highest BCUT2D eigenvalue weighted by molar-refractivity contribution is 6.70. The third-order valence-electron chi connectivity index (χ3n) is 6.12. The van der Waals surface area contributed by atoms with Crippen molar-refractivity contribution in [2.24, 2.45) is 0 Å². The Balaban J connectivity index is 1.82. The van der Waals surface area contributed by atoms with Gasteiger partial charge in [0.1, 0.15) is 20.7 Å². The predicted molar refractivity (Wildman–Crippen MR) is 137 cm³/mol. The van der Waals surface area contributed by atoms with Crippen LogP contribution in [0.4, 0.5) is 0 Å². The Kier molecular flexibility index (Phi) is 9.33. The number of aromatic nitrogens is 2. The maximum absolute atomic E-state index is 6.19. The van der Waals surface area contributed by atoms with E-state index in [9.17, 15) is 0 Å². The van der Waals surface area contributed by atoms with Crippen LogP contribution in [0.5, 0.6) is 11.6 Å². The molecule has 6 heteroatoms. The van der Waals surface area contributed by atoms with E-state index >= 15 is 0 Å². The largest absolute Gasteiger partial charge is 0.477 e. The van der Waals surface area contributed by atoms with Gasteiger partial charge in [-0.1, -0.05) is 59.5 Å². The molecule has 5 nitrogen and oxygen atoms in total. The maximum Gasteiger partial charge on any atom is 0.234 e. The van der Waals surface area contributed by atoms with Gasteiger partial charge in [0.05, 0.1) is 6.61 Å². The van der Waals surface area contributed by atoms with E-state index in [1.54, 1.807) is 0 Å². The van der Waals surface area contributed by atoms with E-state index < -0.39 is 14.6 Å². The molecule has 0 bridgehead atoms. The summed E-state index contributed by atoms with van der Waals surface area (Å²) < 4.78 is 18.2. The zero-order valence-corrected chi connectivity index (χ0v) is 22.4. The van der Waals surface area contributed by atoms with Crippen LogP contribution in [-0.4, -0.2) is 37.3 Å². The normalized spacial score (nSPS) is 19.7. The molecule has 0 saturated carbocycles. The Bertz CT molecular complexity index is 888. The van der Waals surface area contributed by atoms with E-state index in [4.69, 9.17) is 24.2 Å². The molecule has 1 aromatic carbocycles. The fourth-order valence-electron chi connectivity index (χ4n) is 3.97. The lowest BCUT2D eigenvalue weighted by Gasteiger charge is -2.18. The van der Waals surface area contributed by atoms with Crippen molar-refractivity contribution >= 4 is 14.1 Å². The Morgan fingerprint density at radius 1 is 0.970 bits per heavy atom. The van der Waals surface area contributed by atoms with E-state index in [2.05, 4.69) is 33.9 Å². The van der Waals surface area contributed by atoms with Crippen molar-refractivity contribution in [2.45, 2.75) is 104 Å². The summed E-state index contributed by atoms with van der Waals surface area (Å²) in [5.74, 6) is 1.84. The number of benzene rings is 1. The third-order valence-corrected chi connectivity index (χ3v) is 7.48. The maximum atomic E-state index is 6.19. The second-order valence-electron chi connectivity index (χ2n) is 9.38. The molecule has 0 amide bonds. The van der Waals surface area contributed by atoms with Gasteiger partial charge in [-0.05, 0) is 49.9 Å². The lowest BCUT2D eigenvalue weighted by Crippen LogP contribution is -2.32. The summed E-state index contributed by atoms with van der Waals surface area (Å²) in [6.07, 6.45) is 8.97. The van der Waals surface area contributed by atoms with Gasteiger partial charge in [0.25, 0.3) is 0 Å². The second kappa shape index (κ2) is 12.0. The first-order valence-electron chi connectivity index (χ1n) is 12.7. The molecule has 1 aliphatic heterocycles. The van der Waals surface area contributed by atoms with E-state index in [-0.39, 0.29) is 6.10 Å². The quantitative estimate of drug-likeness (QED) is 0.184. The van der Waals surface area contributed by atoms with Gasteiger partial charge in [0.15, 0.2) is 5.82 Å². The molecular formula is C27H41N2O3Si. The van der Waals surface area contributed by atoms with Crippen molar-refractivity contribution < 1.29 is 14.2 Å². The summed E-state index contributed by atoms with van der Waals surface area (Å²) in [6, 6.07) is 8.07. The first-order valence-corrected chi connectivity index (χ1v) is 15.2. The van der Waals surface area contributed by atoms with E-state index in [0.29, 0.717) is 6.61 Å². The predicted octanol–water partition coefficient (Wildman–Crippen LogP) is 6.31. The number of unbranched alkanes of at least 4 members (excludes halogenated alkanes) is 3. The van der Waals surface area contributed by atoms with Crippen molar-refractivity contribution in [3.8, 4) is 23.0 Å². The summed E-state index contributed by atoms with van der Waals surface area (Å²) in [7, 11) is -0.763. The summed E-state index contributed by atoms with van der Waals surface area (Å²) >= 11 is 0. The molecule has 1 fully saturated rings. The Morgan fingerprint density at radius 2 is 1.67 bits per heavy atom. The third kappa shape index (κ3) is 6.79. The molecule has 1 aliphatic rings. The summed E-state index contributed by atoms with van der Waals surface area (Å²) in [6.45, 7) is 13.9. The SMILES string of the molecule is CCCCOc1nc(-c2ccc(O[C@]3(C)O[C@H]3CCCC)cc2)nc([Si](C)C)c1CCCC. The average molecular weight is 470 g/mol. The van der Waals surface area contributed by atoms with Crippen LogP contribution in [0.25, 0.3) is 11.4 Å². The molecule has 181 valence electrons. The molecule has 2 heterocycles. The standard InChI is InChI=1S/C27H41N2O3Si/c1-7-10-13-22-25(30-19-12-9-3)28-24(29-26(22)33(5)6)20-15-17-21(18-16-20)31-27(4)23(32-27)14-11-8-2/h15-18,23H,7-14,19H2,1-6H3/t23-,27+/m0/s1. The van der Waals surface area contributed by atoms with Crippen LogP contribution in [0.2, 0.25) is 13.1 Å². The Labute approximate surface area is 201 Å². The molecule has 0 unspecified atom stereocenters. The van der Waals surface area contributed by atoms with E-state index in [1.807, 2.05) is 31.2 Å². The molecular weight excluding hydrogens is 428 g/mol. The fourth-order valence-corrected chi connectivity index (χ4v) is 5.14. The summed E-state index contributed by atoms with van der Waals surface area (Å²) in [5, 5.41) is 1.20. The summed E-state index contributed by atoms with van der Waals surface area (Å²) in [5.41, 5.74) is 2.20. The van der Waals surface area contributed by atoms with Crippen LogP contribution in [0, 0.1) is 0 Å². The van der Waals surface area contributed by atoms with Gasteiger partial charge in [0.2, 0.25) is 11.7 Å². The van der Waals surface area contributed by atoms with Crippen molar-refractivity contribution in [2.75, 3.05) is 6.61 Å². The van der Waals surface area contributed by atoms with E-state index in [1.165, 1.54) is 17.3 Å². The molecule has 0 aliphatic carbocycles.